The van der Waals surface area contributed by atoms with Crippen LogP contribution in [0.15, 0.2) is 59.1 Å². The van der Waals surface area contributed by atoms with Crippen molar-refractivity contribution in [1.29, 1.82) is 0 Å². The van der Waals surface area contributed by atoms with Crippen molar-refractivity contribution in [3.05, 3.63) is 70.3 Å². The smallest absolute Gasteiger partial charge is 0.212 e. The number of methoxy groups -OCH3 is 1. The largest absolute Gasteiger partial charge is 1.00 e. The number of halogens is 2. The minimum Gasteiger partial charge on any atom is -1.00 e. The molecule has 3 rings (SSSR count). The van der Waals surface area contributed by atoms with Gasteiger partial charge in [0.05, 0.1) is 7.11 Å². The molecule has 0 N–H and O–H groups in total. The summed E-state index contributed by atoms with van der Waals surface area (Å²) in [6.07, 6.45) is 4.24. The maximum atomic E-state index is 5.44. The first-order valence-electron chi connectivity index (χ1n) is 7.66. The van der Waals surface area contributed by atoms with Gasteiger partial charge in [0.1, 0.15) is 12.3 Å². The SMILES string of the molecule is CC[n+]1c(/C=C/c2cc(Br)ccc2OC)ccc2ccccc21.[I-]. The van der Waals surface area contributed by atoms with Crippen LogP contribution in [0.3, 0.4) is 0 Å². The van der Waals surface area contributed by atoms with E-state index in [0.717, 1.165) is 22.3 Å². The molecule has 0 spiro atoms. The van der Waals surface area contributed by atoms with Crippen molar-refractivity contribution >= 4 is 39.0 Å². The van der Waals surface area contributed by atoms with Gasteiger partial charge in [-0.05, 0) is 43.3 Å². The molecule has 4 heteroatoms. The van der Waals surface area contributed by atoms with E-state index in [2.05, 4.69) is 82.0 Å². The first-order valence-corrected chi connectivity index (χ1v) is 8.45. The van der Waals surface area contributed by atoms with E-state index in [1.165, 1.54) is 16.6 Å². The lowest BCUT2D eigenvalue weighted by Crippen LogP contribution is -3.00. The Balaban J connectivity index is 0.00000208. The fraction of sp³-hybridized carbons (Fsp3) is 0.150. The van der Waals surface area contributed by atoms with E-state index >= 15 is 0 Å². The summed E-state index contributed by atoms with van der Waals surface area (Å²) in [5, 5.41) is 1.26. The van der Waals surface area contributed by atoms with Crippen LogP contribution in [0.25, 0.3) is 23.1 Å². The number of aryl methyl sites for hydroxylation is 1. The topological polar surface area (TPSA) is 13.1 Å². The Hall–Kier alpha value is -1.40. The van der Waals surface area contributed by atoms with Crippen molar-refractivity contribution in [2.24, 2.45) is 0 Å². The maximum Gasteiger partial charge on any atom is 0.212 e. The molecule has 0 unspecified atom stereocenters. The van der Waals surface area contributed by atoms with Crippen LogP contribution in [0.5, 0.6) is 5.75 Å². The van der Waals surface area contributed by atoms with E-state index in [0.29, 0.717) is 0 Å². The zero-order valence-corrected chi connectivity index (χ0v) is 17.4. The number of rotatable bonds is 4. The number of ether oxygens (including phenoxy) is 1. The highest BCUT2D eigenvalue weighted by Gasteiger charge is 2.11. The van der Waals surface area contributed by atoms with Crippen LogP contribution >= 0.6 is 15.9 Å². The van der Waals surface area contributed by atoms with Crippen LogP contribution in [-0.4, -0.2) is 7.11 Å². The number of hydrogen-bond acceptors (Lipinski definition) is 1. The lowest BCUT2D eigenvalue weighted by atomic mass is 10.1. The van der Waals surface area contributed by atoms with Crippen LogP contribution in [0.2, 0.25) is 0 Å². The Bertz CT molecular complexity index is 877. The first kappa shape index (κ1) is 18.9. The standard InChI is InChI=1S/C20H19BrNO.HI/c1-3-22-18(11-8-15-6-4-5-7-19(15)22)12-9-16-14-17(21)10-13-20(16)23-2;/h4-14H,3H2,1-2H3;1H/q+1;/p-1/b12-9+;. The lowest BCUT2D eigenvalue weighted by Gasteiger charge is -2.05. The van der Waals surface area contributed by atoms with Crippen LogP contribution in [0.4, 0.5) is 0 Å². The monoisotopic (exact) mass is 495 g/mol. The van der Waals surface area contributed by atoms with Gasteiger partial charge in [-0.25, -0.2) is 0 Å². The summed E-state index contributed by atoms with van der Waals surface area (Å²) in [4.78, 5) is 0. The molecule has 3 aromatic rings. The summed E-state index contributed by atoms with van der Waals surface area (Å²) >= 11 is 3.52. The van der Waals surface area contributed by atoms with E-state index in [1.54, 1.807) is 7.11 Å². The zero-order chi connectivity index (χ0) is 16.2. The van der Waals surface area contributed by atoms with Crippen LogP contribution in [0.1, 0.15) is 18.2 Å². The van der Waals surface area contributed by atoms with Gasteiger partial charge >= 0.3 is 0 Å². The van der Waals surface area contributed by atoms with Gasteiger partial charge in [0.15, 0.2) is 0 Å². The quantitative estimate of drug-likeness (QED) is 0.399. The predicted molar refractivity (Wildman–Crippen MR) is 99.4 cm³/mol. The summed E-state index contributed by atoms with van der Waals surface area (Å²) < 4.78 is 8.79. The highest BCUT2D eigenvalue weighted by Crippen LogP contribution is 2.24. The van der Waals surface area contributed by atoms with Crippen molar-refractivity contribution in [3.8, 4) is 5.75 Å². The zero-order valence-electron chi connectivity index (χ0n) is 13.7. The Morgan fingerprint density at radius 1 is 1.04 bits per heavy atom. The third-order valence-electron chi connectivity index (χ3n) is 3.91. The molecule has 24 heavy (non-hydrogen) atoms. The predicted octanol–water partition coefficient (Wildman–Crippen LogP) is 2.09. The van der Waals surface area contributed by atoms with Crippen LogP contribution in [0, 0.1) is 0 Å². The van der Waals surface area contributed by atoms with Gasteiger partial charge in [0, 0.05) is 33.6 Å². The molecule has 0 aliphatic carbocycles. The highest BCUT2D eigenvalue weighted by atomic mass is 127. The van der Waals surface area contributed by atoms with Crippen molar-refractivity contribution in [1.82, 2.24) is 0 Å². The van der Waals surface area contributed by atoms with Crippen LogP contribution in [-0.2, 0) is 6.54 Å². The van der Waals surface area contributed by atoms with E-state index < -0.39 is 0 Å². The van der Waals surface area contributed by atoms with Gasteiger partial charge < -0.3 is 28.7 Å². The number of nitrogens with zero attached hydrogens (tertiary/aromatic N) is 1. The second kappa shape index (κ2) is 8.62. The molecular weight excluding hydrogens is 477 g/mol. The first-order chi connectivity index (χ1) is 11.2. The average molecular weight is 496 g/mol. The molecule has 0 amide bonds. The summed E-state index contributed by atoms with van der Waals surface area (Å²) in [6, 6.07) is 18.8. The molecule has 2 nitrogen and oxygen atoms in total. The molecule has 0 saturated heterocycles. The molecular formula is C20H19BrINO. The minimum atomic E-state index is 0. The van der Waals surface area contributed by atoms with Gasteiger partial charge in [-0.2, -0.15) is 4.57 Å². The molecule has 0 aliphatic rings. The summed E-state index contributed by atoms with van der Waals surface area (Å²) in [5.74, 6) is 0.869. The van der Waals surface area contributed by atoms with Crippen molar-refractivity contribution in [3.63, 3.8) is 0 Å². The van der Waals surface area contributed by atoms with Crippen molar-refractivity contribution in [2.45, 2.75) is 13.5 Å². The summed E-state index contributed by atoms with van der Waals surface area (Å²) in [5.41, 5.74) is 3.48. The fourth-order valence-corrected chi connectivity index (χ4v) is 3.17. The second-order valence-corrected chi connectivity index (χ2v) is 6.20. The van der Waals surface area contributed by atoms with Crippen LogP contribution < -0.4 is 33.3 Å². The molecule has 0 fully saturated rings. The fourth-order valence-electron chi connectivity index (χ4n) is 2.79. The number of aromatic nitrogens is 1. The number of para-hydroxylation sites is 1. The molecule has 1 heterocycles. The molecule has 1 aromatic heterocycles. The molecule has 0 aliphatic heterocycles. The summed E-state index contributed by atoms with van der Waals surface area (Å²) in [7, 11) is 1.70. The Labute approximate surface area is 168 Å². The number of fused-ring (bicyclic) bond motifs is 1. The molecule has 0 bridgehead atoms. The van der Waals surface area contributed by atoms with Gasteiger partial charge in [-0.15, -0.1) is 0 Å². The maximum absolute atomic E-state index is 5.44. The normalized spacial score (nSPS) is 10.8. The third kappa shape index (κ3) is 3.98. The minimum absolute atomic E-state index is 0. The molecule has 2 aromatic carbocycles. The molecule has 0 atom stereocenters. The Morgan fingerprint density at radius 2 is 1.83 bits per heavy atom. The van der Waals surface area contributed by atoms with Crippen molar-refractivity contribution < 1.29 is 33.3 Å². The van der Waals surface area contributed by atoms with E-state index in [-0.39, 0.29) is 24.0 Å². The van der Waals surface area contributed by atoms with E-state index in [4.69, 9.17) is 4.74 Å². The Kier molecular flexibility index (Phi) is 6.80. The van der Waals surface area contributed by atoms with Gasteiger partial charge in [-0.1, -0.05) is 28.1 Å². The number of benzene rings is 2. The number of pyridine rings is 1. The van der Waals surface area contributed by atoms with E-state index in [9.17, 15) is 0 Å². The molecule has 0 radical (unpaired) electrons. The van der Waals surface area contributed by atoms with Crippen molar-refractivity contribution in [2.75, 3.05) is 7.11 Å². The number of hydrogen-bond donors (Lipinski definition) is 0. The van der Waals surface area contributed by atoms with Gasteiger partial charge in [-0.3, -0.25) is 0 Å². The van der Waals surface area contributed by atoms with E-state index in [1.807, 2.05) is 12.1 Å². The second-order valence-electron chi connectivity index (χ2n) is 5.28. The summed E-state index contributed by atoms with van der Waals surface area (Å²) in [6.45, 7) is 3.10. The third-order valence-corrected chi connectivity index (χ3v) is 4.41. The van der Waals surface area contributed by atoms with Gasteiger partial charge in [0.25, 0.3) is 0 Å². The highest BCUT2D eigenvalue weighted by molar-refractivity contribution is 9.10. The average Bonchev–Trinajstić information content (AvgIpc) is 2.59. The lowest BCUT2D eigenvalue weighted by molar-refractivity contribution is -0.669. The molecule has 124 valence electrons. The molecule has 0 saturated carbocycles. The van der Waals surface area contributed by atoms with Gasteiger partial charge in [0.2, 0.25) is 11.2 Å². The Morgan fingerprint density at radius 3 is 2.58 bits per heavy atom.